The van der Waals surface area contributed by atoms with E-state index in [1.54, 1.807) is 6.07 Å². The number of hydrogen-bond acceptors (Lipinski definition) is 5. The largest absolute Gasteiger partial charge is 0.447 e. The highest BCUT2D eigenvalue weighted by molar-refractivity contribution is 7.89. The van der Waals surface area contributed by atoms with Crippen molar-refractivity contribution in [3.05, 3.63) is 56.6 Å². The van der Waals surface area contributed by atoms with Gasteiger partial charge in [0.25, 0.3) is 0 Å². The van der Waals surface area contributed by atoms with E-state index < -0.39 is 25.5 Å². The van der Waals surface area contributed by atoms with Crippen molar-refractivity contribution in [2.45, 2.75) is 4.90 Å². The Labute approximate surface area is 135 Å². The van der Waals surface area contributed by atoms with Gasteiger partial charge in [-0.1, -0.05) is 29.3 Å². The Morgan fingerprint density at radius 2 is 1.73 bits per heavy atom. The molecule has 0 saturated carbocycles. The number of ether oxygens (including phenoxy) is 1. The van der Waals surface area contributed by atoms with Crippen molar-refractivity contribution in [3.63, 3.8) is 0 Å². The summed E-state index contributed by atoms with van der Waals surface area (Å²) in [4.78, 5) is 9.88. The molecule has 0 atom stereocenters. The zero-order valence-corrected chi connectivity index (χ0v) is 13.0. The smallest absolute Gasteiger partial charge is 0.312 e. The van der Waals surface area contributed by atoms with E-state index >= 15 is 0 Å². The summed E-state index contributed by atoms with van der Waals surface area (Å²) >= 11 is 11.8. The molecule has 0 amide bonds. The van der Waals surface area contributed by atoms with Gasteiger partial charge in [0.15, 0.2) is 5.75 Å². The maximum absolute atomic E-state index is 11.3. The number of primary sulfonamides is 1. The highest BCUT2D eigenvalue weighted by atomic mass is 35.5. The van der Waals surface area contributed by atoms with E-state index in [2.05, 4.69) is 0 Å². The zero-order chi connectivity index (χ0) is 16.5. The fraction of sp³-hybridized carbons (Fsp3) is 0. The van der Waals surface area contributed by atoms with Gasteiger partial charge in [-0.05, 0) is 24.3 Å². The van der Waals surface area contributed by atoms with Crippen molar-refractivity contribution in [3.8, 4) is 11.5 Å². The molecule has 2 rings (SSSR count). The second kappa shape index (κ2) is 6.09. The number of halogens is 2. The molecule has 22 heavy (non-hydrogen) atoms. The van der Waals surface area contributed by atoms with Crippen molar-refractivity contribution in [2.24, 2.45) is 5.14 Å². The van der Waals surface area contributed by atoms with Crippen molar-refractivity contribution in [2.75, 3.05) is 0 Å². The molecule has 0 aliphatic heterocycles. The van der Waals surface area contributed by atoms with Gasteiger partial charge in [0.2, 0.25) is 15.8 Å². The van der Waals surface area contributed by atoms with Crippen molar-refractivity contribution in [1.29, 1.82) is 0 Å². The summed E-state index contributed by atoms with van der Waals surface area (Å²) in [5.74, 6) is -0.190. The number of rotatable bonds is 4. The zero-order valence-electron chi connectivity index (χ0n) is 10.7. The van der Waals surface area contributed by atoms with Crippen molar-refractivity contribution < 1.29 is 18.1 Å². The first-order valence-corrected chi connectivity index (χ1v) is 7.93. The summed E-state index contributed by atoms with van der Waals surface area (Å²) < 4.78 is 27.9. The molecule has 10 heteroatoms. The number of benzene rings is 2. The molecule has 0 aliphatic rings. The predicted octanol–water partition coefficient (Wildman–Crippen LogP) is 3.34. The Hall–Kier alpha value is -1.87. The van der Waals surface area contributed by atoms with E-state index in [1.807, 2.05) is 0 Å². The number of nitrogens with two attached hydrogens (primary N) is 1. The molecule has 116 valence electrons. The molecule has 2 aromatic rings. The van der Waals surface area contributed by atoms with E-state index in [4.69, 9.17) is 33.1 Å². The minimum absolute atomic E-state index is 0.0253. The van der Waals surface area contributed by atoms with E-state index in [-0.39, 0.29) is 21.5 Å². The third kappa shape index (κ3) is 3.47. The molecule has 0 unspecified atom stereocenters. The van der Waals surface area contributed by atoms with Crippen LogP contribution in [-0.4, -0.2) is 13.3 Å². The summed E-state index contributed by atoms with van der Waals surface area (Å²) in [5, 5.41) is 16.3. The van der Waals surface area contributed by atoms with Gasteiger partial charge in [-0.25, -0.2) is 13.6 Å². The van der Waals surface area contributed by atoms with Crippen LogP contribution in [0.3, 0.4) is 0 Å². The average Bonchev–Trinajstić information content (AvgIpc) is 2.42. The Morgan fingerprint density at radius 1 is 1.14 bits per heavy atom. The first-order valence-electron chi connectivity index (χ1n) is 5.63. The highest BCUT2D eigenvalue weighted by Crippen LogP contribution is 2.39. The molecule has 0 bridgehead atoms. The molecular weight excluding hydrogens is 355 g/mol. The lowest BCUT2D eigenvalue weighted by atomic mass is 10.3. The van der Waals surface area contributed by atoms with Crippen LogP contribution >= 0.6 is 23.2 Å². The van der Waals surface area contributed by atoms with Crippen LogP contribution in [0.5, 0.6) is 11.5 Å². The molecule has 0 heterocycles. The lowest BCUT2D eigenvalue weighted by Crippen LogP contribution is -2.12. The molecule has 0 spiro atoms. The average molecular weight is 363 g/mol. The SMILES string of the molecule is NS(=O)(=O)c1ccc(Oc2c(Cl)cccc2Cl)c([N+](=O)[O-])c1. The summed E-state index contributed by atoms with van der Waals surface area (Å²) in [6.45, 7) is 0. The fourth-order valence-electron chi connectivity index (χ4n) is 1.59. The number of hydrogen-bond donors (Lipinski definition) is 1. The molecule has 0 aliphatic carbocycles. The minimum Gasteiger partial charge on any atom is -0.447 e. The third-order valence-electron chi connectivity index (χ3n) is 2.59. The molecule has 0 saturated heterocycles. The lowest BCUT2D eigenvalue weighted by Gasteiger charge is -2.10. The maximum atomic E-state index is 11.3. The van der Waals surface area contributed by atoms with Gasteiger partial charge in [-0.3, -0.25) is 10.1 Å². The number of para-hydroxylation sites is 1. The van der Waals surface area contributed by atoms with Gasteiger partial charge in [0, 0.05) is 6.07 Å². The van der Waals surface area contributed by atoms with Crippen molar-refractivity contribution >= 4 is 38.9 Å². The summed E-state index contributed by atoms with van der Waals surface area (Å²) in [6, 6.07) is 7.56. The predicted molar refractivity (Wildman–Crippen MR) is 81.0 cm³/mol. The standard InChI is InChI=1S/C12H8Cl2N2O5S/c13-8-2-1-3-9(14)12(8)21-11-5-4-7(22(15,19)20)6-10(11)16(17)18/h1-6H,(H2,15,19,20). The minimum atomic E-state index is -4.08. The molecule has 0 aromatic heterocycles. The van der Waals surface area contributed by atoms with E-state index in [0.29, 0.717) is 0 Å². The van der Waals surface area contributed by atoms with Crippen LogP contribution in [0.1, 0.15) is 0 Å². The topological polar surface area (TPSA) is 113 Å². The molecule has 0 fully saturated rings. The Bertz CT molecular complexity index is 834. The second-order valence-electron chi connectivity index (χ2n) is 4.08. The Morgan fingerprint density at radius 3 is 2.23 bits per heavy atom. The van der Waals surface area contributed by atoms with Crippen LogP contribution in [0, 0.1) is 10.1 Å². The molecule has 2 N–H and O–H groups in total. The quantitative estimate of drug-likeness (QED) is 0.661. The van der Waals surface area contributed by atoms with Crippen LogP contribution in [0.4, 0.5) is 5.69 Å². The number of nitro groups is 1. The third-order valence-corrected chi connectivity index (χ3v) is 4.09. The van der Waals surface area contributed by atoms with E-state index in [1.165, 1.54) is 12.1 Å². The lowest BCUT2D eigenvalue weighted by molar-refractivity contribution is -0.385. The van der Waals surface area contributed by atoms with Gasteiger partial charge in [-0.15, -0.1) is 0 Å². The van der Waals surface area contributed by atoms with Gasteiger partial charge in [0.1, 0.15) is 0 Å². The van der Waals surface area contributed by atoms with Crippen LogP contribution in [0.2, 0.25) is 10.0 Å². The van der Waals surface area contributed by atoms with Crippen LogP contribution in [0.15, 0.2) is 41.3 Å². The molecule has 2 aromatic carbocycles. The molecule has 0 radical (unpaired) electrons. The number of nitro benzene ring substituents is 1. The van der Waals surface area contributed by atoms with Crippen LogP contribution in [-0.2, 0) is 10.0 Å². The normalized spacial score (nSPS) is 11.2. The highest BCUT2D eigenvalue weighted by Gasteiger charge is 2.22. The van der Waals surface area contributed by atoms with Gasteiger partial charge in [-0.2, -0.15) is 0 Å². The summed E-state index contributed by atoms with van der Waals surface area (Å²) in [7, 11) is -4.08. The maximum Gasteiger partial charge on any atom is 0.312 e. The van der Waals surface area contributed by atoms with Gasteiger partial charge < -0.3 is 4.74 Å². The van der Waals surface area contributed by atoms with Gasteiger partial charge >= 0.3 is 5.69 Å². The fourth-order valence-corrected chi connectivity index (χ4v) is 2.60. The Balaban J connectivity index is 2.54. The monoisotopic (exact) mass is 362 g/mol. The number of sulfonamides is 1. The first kappa shape index (κ1) is 16.5. The van der Waals surface area contributed by atoms with E-state index in [9.17, 15) is 18.5 Å². The van der Waals surface area contributed by atoms with Crippen LogP contribution in [0.25, 0.3) is 0 Å². The molecule has 7 nitrogen and oxygen atoms in total. The second-order valence-corrected chi connectivity index (χ2v) is 6.46. The van der Waals surface area contributed by atoms with Crippen LogP contribution < -0.4 is 9.88 Å². The number of nitrogens with zero attached hydrogens (tertiary/aromatic N) is 1. The molecular formula is C12H8Cl2N2O5S. The first-order chi connectivity index (χ1) is 10.2. The Kier molecular flexibility index (Phi) is 4.57. The summed E-state index contributed by atoms with van der Waals surface area (Å²) in [5.41, 5.74) is -0.581. The summed E-state index contributed by atoms with van der Waals surface area (Å²) in [6.07, 6.45) is 0. The van der Waals surface area contributed by atoms with Crippen molar-refractivity contribution in [1.82, 2.24) is 0 Å². The van der Waals surface area contributed by atoms with Gasteiger partial charge in [0.05, 0.1) is 19.9 Å². The van der Waals surface area contributed by atoms with E-state index in [0.717, 1.165) is 18.2 Å².